The summed E-state index contributed by atoms with van der Waals surface area (Å²) in [5.41, 5.74) is 0.535. The Bertz CT molecular complexity index is 126. The normalized spacial score (nSPS) is 17.5. The summed E-state index contributed by atoms with van der Waals surface area (Å²) in [7, 11) is -1.15. The Hall–Kier alpha value is -0.0831. The summed E-state index contributed by atoms with van der Waals surface area (Å²) in [6.07, 6.45) is 2.01. The van der Waals surface area contributed by atoms with Crippen molar-refractivity contribution in [1.82, 2.24) is 0 Å². The van der Waals surface area contributed by atoms with Gasteiger partial charge in [0, 0.05) is 6.61 Å². The SMILES string of the molecule is C=CC([C@H](C)CO)[Si](C)(C)C. The molecule has 0 aromatic heterocycles. The lowest BCUT2D eigenvalue weighted by Crippen LogP contribution is -2.32. The molecule has 1 N–H and O–H groups in total. The summed E-state index contributed by atoms with van der Waals surface area (Å²) in [4.78, 5) is 0. The van der Waals surface area contributed by atoms with Gasteiger partial charge in [0.1, 0.15) is 0 Å². The van der Waals surface area contributed by atoms with Gasteiger partial charge in [-0.05, 0) is 11.5 Å². The van der Waals surface area contributed by atoms with E-state index in [1.54, 1.807) is 0 Å². The van der Waals surface area contributed by atoms with Gasteiger partial charge in [-0.1, -0.05) is 32.6 Å². The van der Waals surface area contributed by atoms with Crippen LogP contribution in [-0.2, 0) is 0 Å². The molecule has 0 fully saturated rings. The van der Waals surface area contributed by atoms with Crippen LogP contribution in [0.1, 0.15) is 6.92 Å². The maximum Gasteiger partial charge on any atom is 0.0518 e. The van der Waals surface area contributed by atoms with Crippen molar-refractivity contribution in [3.8, 4) is 0 Å². The van der Waals surface area contributed by atoms with Gasteiger partial charge in [0.05, 0.1) is 8.07 Å². The Kier molecular flexibility index (Phi) is 4.04. The Labute approximate surface area is 71.1 Å². The van der Waals surface area contributed by atoms with Crippen LogP contribution in [0.3, 0.4) is 0 Å². The molecule has 66 valence electrons. The zero-order valence-electron chi connectivity index (χ0n) is 8.09. The third-order valence-electron chi connectivity index (χ3n) is 2.15. The van der Waals surface area contributed by atoms with Crippen molar-refractivity contribution in [2.24, 2.45) is 5.92 Å². The molecule has 0 aromatic carbocycles. The van der Waals surface area contributed by atoms with Crippen molar-refractivity contribution in [3.05, 3.63) is 12.7 Å². The summed E-state index contributed by atoms with van der Waals surface area (Å²) in [6.45, 7) is 13.1. The van der Waals surface area contributed by atoms with Crippen LogP contribution in [0.5, 0.6) is 0 Å². The first-order valence-corrected chi connectivity index (χ1v) is 7.74. The average Bonchev–Trinajstić information content (AvgIpc) is 1.86. The van der Waals surface area contributed by atoms with E-state index in [2.05, 4.69) is 33.1 Å². The molecule has 0 bridgehead atoms. The maximum atomic E-state index is 8.97. The molecule has 0 amide bonds. The monoisotopic (exact) mass is 172 g/mol. The van der Waals surface area contributed by atoms with Gasteiger partial charge in [0.15, 0.2) is 0 Å². The first-order valence-electron chi connectivity index (χ1n) is 4.17. The van der Waals surface area contributed by atoms with Crippen molar-refractivity contribution in [1.29, 1.82) is 0 Å². The summed E-state index contributed by atoms with van der Waals surface area (Å²) in [5, 5.41) is 8.97. The smallest absolute Gasteiger partial charge is 0.0518 e. The second kappa shape index (κ2) is 4.07. The van der Waals surface area contributed by atoms with Crippen LogP contribution < -0.4 is 0 Å². The number of hydrogen-bond donors (Lipinski definition) is 1. The topological polar surface area (TPSA) is 20.2 Å². The molecule has 0 aliphatic heterocycles. The second-order valence-corrected chi connectivity index (χ2v) is 9.69. The quantitative estimate of drug-likeness (QED) is 0.510. The van der Waals surface area contributed by atoms with Gasteiger partial charge in [-0.3, -0.25) is 0 Å². The van der Waals surface area contributed by atoms with Crippen LogP contribution in [0.2, 0.25) is 25.2 Å². The molecule has 0 heterocycles. The van der Waals surface area contributed by atoms with E-state index in [0.29, 0.717) is 11.5 Å². The molecule has 2 atom stereocenters. The van der Waals surface area contributed by atoms with E-state index >= 15 is 0 Å². The van der Waals surface area contributed by atoms with Crippen molar-refractivity contribution in [2.75, 3.05) is 6.61 Å². The molecule has 2 heteroatoms. The van der Waals surface area contributed by atoms with E-state index in [1.807, 2.05) is 6.08 Å². The van der Waals surface area contributed by atoms with E-state index in [1.165, 1.54) is 0 Å². The molecular formula is C9H20OSi. The van der Waals surface area contributed by atoms with Crippen molar-refractivity contribution in [2.45, 2.75) is 32.1 Å². The van der Waals surface area contributed by atoms with Crippen LogP contribution in [0, 0.1) is 5.92 Å². The van der Waals surface area contributed by atoms with Gasteiger partial charge >= 0.3 is 0 Å². The second-order valence-electron chi connectivity index (χ2n) is 4.29. The van der Waals surface area contributed by atoms with Gasteiger partial charge in [0.2, 0.25) is 0 Å². The lowest BCUT2D eigenvalue weighted by atomic mass is 10.1. The highest BCUT2D eigenvalue weighted by atomic mass is 28.3. The Morgan fingerprint density at radius 3 is 2.00 bits per heavy atom. The fourth-order valence-corrected chi connectivity index (χ4v) is 4.07. The Morgan fingerprint density at radius 2 is 1.91 bits per heavy atom. The van der Waals surface area contributed by atoms with Crippen molar-refractivity contribution in [3.63, 3.8) is 0 Å². The summed E-state index contributed by atoms with van der Waals surface area (Å²) >= 11 is 0. The molecule has 1 unspecified atom stereocenters. The van der Waals surface area contributed by atoms with E-state index < -0.39 is 8.07 Å². The van der Waals surface area contributed by atoms with E-state index in [4.69, 9.17) is 5.11 Å². The molecule has 0 aliphatic rings. The fourth-order valence-electron chi connectivity index (χ4n) is 1.55. The summed E-state index contributed by atoms with van der Waals surface area (Å²) in [6, 6.07) is 0. The minimum Gasteiger partial charge on any atom is -0.396 e. The summed E-state index contributed by atoms with van der Waals surface area (Å²) < 4.78 is 0. The molecule has 0 spiro atoms. The van der Waals surface area contributed by atoms with Crippen LogP contribution in [0.25, 0.3) is 0 Å². The number of hydrogen-bond acceptors (Lipinski definition) is 1. The number of rotatable bonds is 4. The van der Waals surface area contributed by atoms with Crippen molar-refractivity contribution < 1.29 is 5.11 Å². The molecule has 0 saturated heterocycles. The highest BCUT2D eigenvalue weighted by Gasteiger charge is 2.27. The first kappa shape index (κ1) is 10.9. The van der Waals surface area contributed by atoms with Gasteiger partial charge in [0.25, 0.3) is 0 Å². The minimum atomic E-state index is -1.15. The van der Waals surface area contributed by atoms with Gasteiger partial charge < -0.3 is 5.11 Å². The minimum absolute atomic E-state index is 0.279. The zero-order valence-corrected chi connectivity index (χ0v) is 9.09. The van der Waals surface area contributed by atoms with Crippen molar-refractivity contribution >= 4 is 8.07 Å². The molecule has 0 saturated carbocycles. The number of aliphatic hydroxyl groups is 1. The third kappa shape index (κ3) is 3.21. The molecule has 11 heavy (non-hydrogen) atoms. The molecule has 0 aromatic rings. The fraction of sp³-hybridized carbons (Fsp3) is 0.778. The third-order valence-corrected chi connectivity index (χ3v) is 4.96. The number of allylic oxidation sites excluding steroid dienone is 1. The van der Waals surface area contributed by atoms with E-state index in [-0.39, 0.29) is 6.61 Å². The highest BCUT2D eigenvalue weighted by molar-refractivity contribution is 6.78. The Morgan fingerprint density at radius 1 is 1.45 bits per heavy atom. The predicted molar refractivity (Wildman–Crippen MR) is 53.5 cm³/mol. The van der Waals surface area contributed by atoms with E-state index in [9.17, 15) is 0 Å². The van der Waals surface area contributed by atoms with E-state index in [0.717, 1.165) is 0 Å². The Balaban J connectivity index is 4.28. The lowest BCUT2D eigenvalue weighted by Gasteiger charge is -2.30. The molecule has 0 aliphatic carbocycles. The van der Waals surface area contributed by atoms with Crippen LogP contribution in [0.4, 0.5) is 0 Å². The molecule has 1 nitrogen and oxygen atoms in total. The molecule has 0 rings (SSSR count). The molecule has 0 radical (unpaired) electrons. The number of aliphatic hydroxyl groups excluding tert-OH is 1. The van der Waals surface area contributed by atoms with Crippen LogP contribution in [0.15, 0.2) is 12.7 Å². The predicted octanol–water partition coefficient (Wildman–Crippen LogP) is 2.51. The van der Waals surface area contributed by atoms with Crippen LogP contribution in [-0.4, -0.2) is 19.8 Å². The van der Waals surface area contributed by atoms with Gasteiger partial charge in [-0.2, -0.15) is 0 Å². The average molecular weight is 172 g/mol. The van der Waals surface area contributed by atoms with Crippen LogP contribution >= 0.6 is 0 Å². The highest BCUT2D eigenvalue weighted by Crippen LogP contribution is 2.30. The standard InChI is InChI=1S/C9H20OSi/c1-6-9(8(2)7-10)11(3,4)5/h6,8-10H,1,7H2,2-5H3/t8-,9?/m1/s1. The zero-order chi connectivity index (χ0) is 9.07. The molecular weight excluding hydrogens is 152 g/mol. The maximum absolute atomic E-state index is 8.97. The largest absolute Gasteiger partial charge is 0.396 e. The van der Waals surface area contributed by atoms with Gasteiger partial charge in [-0.15, -0.1) is 6.58 Å². The summed E-state index contributed by atoms with van der Waals surface area (Å²) in [5.74, 6) is 0.374. The first-order chi connectivity index (χ1) is 4.93. The van der Waals surface area contributed by atoms with Gasteiger partial charge in [-0.25, -0.2) is 0 Å². The lowest BCUT2D eigenvalue weighted by molar-refractivity contribution is 0.237.